The molecule has 7 heteroatoms. The molecule has 0 aliphatic heterocycles. The van der Waals surface area contributed by atoms with Gasteiger partial charge in [-0.3, -0.25) is 14.9 Å². The van der Waals surface area contributed by atoms with Crippen LogP contribution >= 0.6 is 0 Å². The Morgan fingerprint density at radius 1 is 0.893 bits per heavy atom. The van der Waals surface area contributed by atoms with Crippen LogP contribution in [0, 0.1) is 6.92 Å². The average Bonchev–Trinajstić information content (AvgIpc) is 2.68. The lowest BCUT2D eigenvalue weighted by Crippen LogP contribution is -2.41. The third kappa shape index (κ3) is 6.75. The summed E-state index contributed by atoms with van der Waals surface area (Å²) in [4.78, 5) is 35.6. The molecular formula is C21H26N4O3. The number of nitrogens with one attached hydrogen (secondary N) is 4. The summed E-state index contributed by atoms with van der Waals surface area (Å²) in [6, 6.07) is 14.3. The molecule has 4 N–H and O–H groups in total. The van der Waals surface area contributed by atoms with Crippen molar-refractivity contribution in [3.63, 3.8) is 0 Å². The molecule has 0 saturated carbocycles. The van der Waals surface area contributed by atoms with Gasteiger partial charge in [0.15, 0.2) is 0 Å². The molecule has 2 aromatic rings. The van der Waals surface area contributed by atoms with Crippen LogP contribution in [0.3, 0.4) is 0 Å². The number of urea groups is 1. The molecule has 0 unspecified atom stereocenters. The van der Waals surface area contributed by atoms with Crippen molar-refractivity contribution in [2.24, 2.45) is 0 Å². The Balaban J connectivity index is 1.81. The normalized spacial score (nSPS) is 10.1. The molecule has 0 radical (unpaired) electrons. The number of hydrogen-bond donors (Lipinski definition) is 4. The first-order chi connectivity index (χ1) is 13.5. The van der Waals surface area contributed by atoms with E-state index in [0.29, 0.717) is 24.3 Å². The van der Waals surface area contributed by atoms with Crippen molar-refractivity contribution >= 4 is 29.2 Å². The van der Waals surface area contributed by atoms with Gasteiger partial charge in [-0.25, -0.2) is 4.79 Å². The van der Waals surface area contributed by atoms with Gasteiger partial charge in [0, 0.05) is 24.3 Å². The van der Waals surface area contributed by atoms with Crippen LogP contribution in [0.2, 0.25) is 0 Å². The van der Waals surface area contributed by atoms with Crippen molar-refractivity contribution in [3.8, 4) is 0 Å². The molecule has 0 spiro atoms. The zero-order valence-corrected chi connectivity index (χ0v) is 16.2. The van der Waals surface area contributed by atoms with Crippen molar-refractivity contribution in [1.82, 2.24) is 10.6 Å². The maximum absolute atomic E-state index is 12.0. The van der Waals surface area contributed by atoms with E-state index in [1.54, 1.807) is 6.07 Å². The second-order valence-corrected chi connectivity index (χ2v) is 6.35. The van der Waals surface area contributed by atoms with Gasteiger partial charge in [0.05, 0.1) is 6.54 Å². The van der Waals surface area contributed by atoms with Gasteiger partial charge in [-0.15, -0.1) is 0 Å². The molecule has 0 aromatic heterocycles. The molecule has 0 aliphatic rings. The number of rotatable bonds is 8. The second-order valence-electron chi connectivity index (χ2n) is 6.35. The van der Waals surface area contributed by atoms with Crippen LogP contribution in [0.25, 0.3) is 0 Å². The van der Waals surface area contributed by atoms with Crippen LogP contribution in [0.15, 0.2) is 48.5 Å². The Bertz CT molecular complexity index is 822. The summed E-state index contributed by atoms with van der Waals surface area (Å²) in [5.74, 6) is -0.499. The molecule has 148 valence electrons. The summed E-state index contributed by atoms with van der Waals surface area (Å²) in [6.07, 6.45) is 1.23. The van der Waals surface area contributed by atoms with Crippen LogP contribution in [-0.2, 0) is 16.1 Å². The van der Waals surface area contributed by atoms with E-state index in [1.165, 1.54) is 0 Å². The molecule has 0 heterocycles. The molecule has 0 saturated heterocycles. The topological polar surface area (TPSA) is 99.3 Å². The third-order valence-electron chi connectivity index (χ3n) is 4.07. The summed E-state index contributed by atoms with van der Waals surface area (Å²) in [5, 5.41) is 10.8. The molecule has 2 rings (SSSR count). The number of anilines is 2. The number of hydrogen-bond acceptors (Lipinski definition) is 4. The minimum atomic E-state index is -0.548. The molecule has 28 heavy (non-hydrogen) atoms. The predicted octanol–water partition coefficient (Wildman–Crippen LogP) is 3.17. The highest BCUT2D eigenvalue weighted by atomic mass is 16.2. The highest BCUT2D eigenvalue weighted by Crippen LogP contribution is 2.23. The van der Waals surface area contributed by atoms with Crippen molar-refractivity contribution in [3.05, 3.63) is 59.7 Å². The van der Waals surface area contributed by atoms with E-state index in [2.05, 4.69) is 21.3 Å². The van der Waals surface area contributed by atoms with Crippen LogP contribution in [-0.4, -0.2) is 24.4 Å². The second kappa shape index (κ2) is 10.7. The smallest absolute Gasteiger partial charge is 0.321 e. The number of carbonyl (C=O) groups is 3. The summed E-state index contributed by atoms with van der Waals surface area (Å²) in [5.41, 5.74) is 3.19. The maximum atomic E-state index is 12.0. The zero-order chi connectivity index (χ0) is 20.4. The van der Waals surface area contributed by atoms with E-state index in [0.717, 1.165) is 17.5 Å². The fraction of sp³-hybridized carbons (Fsp3) is 0.286. The van der Waals surface area contributed by atoms with E-state index in [-0.39, 0.29) is 12.5 Å². The lowest BCUT2D eigenvalue weighted by atomic mass is 10.1. The van der Waals surface area contributed by atoms with Gasteiger partial charge in [-0.2, -0.15) is 0 Å². The zero-order valence-electron chi connectivity index (χ0n) is 16.2. The molecule has 0 fully saturated rings. The molecule has 0 atom stereocenters. The Kier molecular flexibility index (Phi) is 8.02. The van der Waals surface area contributed by atoms with Crippen LogP contribution in [0.1, 0.15) is 30.9 Å². The molecule has 4 amide bonds. The first-order valence-corrected chi connectivity index (χ1v) is 9.24. The summed E-state index contributed by atoms with van der Waals surface area (Å²) in [6.45, 7) is 4.07. The van der Waals surface area contributed by atoms with Gasteiger partial charge < -0.3 is 16.0 Å². The van der Waals surface area contributed by atoms with Crippen LogP contribution < -0.4 is 21.3 Å². The van der Waals surface area contributed by atoms with Gasteiger partial charge in [-0.1, -0.05) is 43.3 Å². The Hall–Kier alpha value is -3.35. The minimum Gasteiger partial charge on any atom is -0.376 e. The average molecular weight is 382 g/mol. The van der Waals surface area contributed by atoms with E-state index < -0.39 is 11.9 Å². The first kappa shape index (κ1) is 21.0. The largest absolute Gasteiger partial charge is 0.376 e. The first-order valence-electron chi connectivity index (χ1n) is 9.24. The standard InChI is InChI=1S/C21H26N4O3/c1-3-8-19(26)24-18-12-7-11-17(15(18)2)22-14-20(27)25-21(28)23-13-16-9-5-4-6-10-16/h4-7,9-12,22H,3,8,13-14H2,1-2H3,(H,24,26)(H2,23,25,27,28). The van der Waals surface area contributed by atoms with Gasteiger partial charge in [0.25, 0.3) is 0 Å². The predicted molar refractivity (Wildman–Crippen MR) is 110 cm³/mol. The maximum Gasteiger partial charge on any atom is 0.321 e. The monoisotopic (exact) mass is 382 g/mol. The summed E-state index contributed by atoms with van der Waals surface area (Å²) < 4.78 is 0. The number of carbonyl (C=O) groups excluding carboxylic acids is 3. The van der Waals surface area contributed by atoms with E-state index >= 15 is 0 Å². The molecular weight excluding hydrogens is 356 g/mol. The van der Waals surface area contributed by atoms with E-state index in [1.807, 2.05) is 56.3 Å². The van der Waals surface area contributed by atoms with Crippen molar-refractivity contribution in [2.75, 3.05) is 17.2 Å². The molecule has 7 nitrogen and oxygen atoms in total. The van der Waals surface area contributed by atoms with Gasteiger partial charge in [0.1, 0.15) is 0 Å². The highest BCUT2D eigenvalue weighted by molar-refractivity contribution is 5.96. The van der Waals surface area contributed by atoms with Gasteiger partial charge >= 0.3 is 6.03 Å². The Morgan fingerprint density at radius 3 is 2.32 bits per heavy atom. The number of imide groups is 1. The number of amides is 4. The van der Waals surface area contributed by atoms with Crippen molar-refractivity contribution in [1.29, 1.82) is 0 Å². The summed E-state index contributed by atoms with van der Waals surface area (Å²) in [7, 11) is 0. The van der Waals surface area contributed by atoms with Crippen LogP contribution in [0.4, 0.5) is 16.2 Å². The lowest BCUT2D eigenvalue weighted by molar-refractivity contribution is -0.118. The fourth-order valence-electron chi connectivity index (χ4n) is 2.57. The Labute approximate surface area is 164 Å². The minimum absolute atomic E-state index is 0.0458. The lowest BCUT2D eigenvalue weighted by Gasteiger charge is -2.14. The summed E-state index contributed by atoms with van der Waals surface area (Å²) >= 11 is 0. The molecule has 0 aliphatic carbocycles. The van der Waals surface area contributed by atoms with Crippen LogP contribution in [0.5, 0.6) is 0 Å². The van der Waals surface area contributed by atoms with Crippen molar-refractivity contribution < 1.29 is 14.4 Å². The van der Waals surface area contributed by atoms with E-state index in [9.17, 15) is 14.4 Å². The number of benzene rings is 2. The van der Waals surface area contributed by atoms with Crippen molar-refractivity contribution in [2.45, 2.75) is 33.2 Å². The SMILES string of the molecule is CCCC(=O)Nc1cccc(NCC(=O)NC(=O)NCc2ccccc2)c1C. The third-order valence-corrected chi connectivity index (χ3v) is 4.07. The fourth-order valence-corrected chi connectivity index (χ4v) is 2.57. The van der Waals surface area contributed by atoms with Gasteiger partial charge in [-0.05, 0) is 36.6 Å². The molecule has 0 bridgehead atoms. The van der Waals surface area contributed by atoms with E-state index in [4.69, 9.17) is 0 Å². The highest BCUT2D eigenvalue weighted by Gasteiger charge is 2.10. The molecule has 2 aromatic carbocycles. The quantitative estimate of drug-likeness (QED) is 0.563. The van der Waals surface area contributed by atoms with Gasteiger partial charge in [0.2, 0.25) is 11.8 Å². The Morgan fingerprint density at radius 2 is 1.61 bits per heavy atom.